The molecule has 162 valence electrons. The SMILES string of the molecule is N#Cc1ccccc1OCC(=O)Nc1cccc(-c2ccc(N3CCCCCC3)nn2)c1. The number of anilines is 2. The summed E-state index contributed by atoms with van der Waals surface area (Å²) in [5, 5.41) is 20.8. The van der Waals surface area contributed by atoms with Crippen LogP contribution in [0, 0.1) is 11.3 Å². The molecule has 0 spiro atoms. The molecule has 2 heterocycles. The molecule has 1 aliphatic heterocycles. The highest BCUT2D eigenvalue weighted by molar-refractivity contribution is 5.92. The molecule has 1 fully saturated rings. The minimum absolute atomic E-state index is 0.187. The molecule has 32 heavy (non-hydrogen) atoms. The Labute approximate surface area is 187 Å². The van der Waals surface area contributed by atoms with Crippen LogP contribution in [0.2, 0.25) is 0 Å². The molecule has 0 saturated carbocycles. The zero-order valence-electron chi connectivity index (χ0n) is 17.8. The zero-order chi connectivity index (χ0) is 22.2. The van der Waals surface area contributed by atoms with Crippen LogP contribution in [0.5, 0.6) is 5.75 Å². The van der Waals surface area contributed by atoms with E-state index in [4.69, 9.17) is 10.00 Å². The molecule has 1 aromatic heterocycles. The molecule has 0 radical (unpaired) electrons. The number of ether oxygens (including phenoxy) is 1. The van der Waals surface area contributed by atoms with Gasteiger partial charge in [-0.05, 0) is 49.2 Å². The first kappa shape index (κ1) is 21.3. The van der Waals surface area contributed by atoms with Crippen molar-refractivity contribution < 1.29 is 9.53 Å². The maximum Gasteiger partial charge on any atom is 0.262 e. The second-order valence-electron chi connectivity index (χ2n) is 7.70. The quantitative estimate of drug-likeness (QED) is 0.626. The number of benzene rings is 2. The Hall–Kier alpha value is -3.92. The first-order valence-corrected chi connectivity index (χ1v) is 10.8. The fraction of sp³-hybridized carbons (Fsp3) is 0.280. The number of hydrogen-bond acceptors (Lipinski definition) is 6. The number of nitrogens with zero attached hydrogens (tertiary/aromatic N) is 4. The summed E-state index contributed by atoms with van der Waals surface area (Å²) in [5.74, 6) is 0.992. The van der Waals surface area contributed by atoms with E-state index >= 15 is 0 Å². The topological polar surface area (TPSA) is 91.1 Å². The first-order valence-electron chi connectivity index (χ1n) is 10.8. The van der Waals surface area contributed by atoms with E-state index in [0.29, 0.717) is 17.0 Å². The number of aromatic nitrogens is 2. The van der Waals surface area contributed by atoms with E-state index in [1.54, 1.807) is 24.3 Å². The Morgan fingerprint density at radius 2 is 1.81 bits per heavy atom. The van der Waals surface area contributed by atoms with Gasteiger partial charge in [-0.25, -0.2) is 0 Å². The Bertz CT molecular complexity index is 1100. The van der Waals surface area contributed by atoms with Crippen LogP contribution in [-0.4, -0.2) is 35.8 Å². The maximum absolute atomic E-state index is 12.3. The highest BCUT2D eigenvalue weighted by atomic mass is 16.5. The second-order valence-corrected chi connectivity index (χ2v) is 7.70. The fourth-order valence-electron chi connectivity index (χ4n) is 3.73. The zero-order valence-corrected chi connectivity index (χ0v) is 17.8. The van der Waals surface area contributed by atoms with E-state index < -0.39 is 0 Å². The summed E-state index contributed by atoms with van der Waals surface area (Å²) in [6, 6.07) is 20.3. The standard InChI is InChI=1S/C25H25N5O2/c26-17-20-8-3-4-11-23(20)32-18-25(31)27-21-10-7-9-19(16-21)22-12-13-24(29-28-22)30-14-5-1-2-6-15-30/h3-4,7-13,16H,1-2,5-6,14-15,18H2,(H,27,31). The van der Waals surface area contributed by atoms with E-state index in [-0.39, 0.29) is 12.5 Å². The van der Waals surface area contributed by atoms with E-state index in [0.717, 1.165) is 30.2 Å². The van der Waals surface area contributed by atoms with Gasteiger partial charge in [0.2, 0.25) is 0 Å². The number of amides is 1. The van der Waals surface area contributed by atoms with Crippen molar-refractivity contribution in [2.24, 2.45) is 0 Å². The summed E-state index contributed by atoms with van der Waals surface area (Å²) in [5.41, 5.74) is 2.65. The van der Waals surface area contributed by atoms with Crippen molar-refractivity contribution in [2.75, 3.05) is 29.9 Å². The first-order chi connectivity index (χ1) is 15.7. The van der Waals surface area contributed by atoms with Crippen LogP contribution in [0.25, 0.3) is 11.3 Å². The van der Waals surface area contributed by atoms with Crippen LogP contribution in [-0.2, 0) is 4.79 Å². The van der Waals surface area contributed by atoms with E-state index in [1.807, 2.05) is 42.5 Å². The van der Waals surface area contributed by atoms with Gasteiger partial charge in [-0.1, -0.05) is 37.1 Å². The Balaban J connectivity index is 1.38. The average Bonchev–Trinajstić information content (AvgIpc) is 3.13. The molecule has 1 saturated heterocycles. The predicted octanol–water partition coefficient (Wildman–Crippen LogP) is 4.41. The lowest BCUT2D eigenvalue weighted by Gasteiger charge is -2.20. The van der Waals surface area contributed by atoms with Crippen molar-refractivity contribution >= 4 is 17.4 Å². The van der Waals surface area contributed by atoms with Crippen molar-refractivity contribution in [2.45, 2.75) is 25.7 Å². The van der Waals surface area contributed by atoms with Crippen molar-refractivity contribution in [1.82, 2.24) is 10.2 Å². The van der Waals surface area contributed by atoms with Crippen molar-refractivity contribution in [3.63, 3.8) is 0 Å². The summed E-state index contributed by atoms with van der Waals surface area (Å²) in [7, 11) is 0. The highest BCUT2D eigenvalue weighted by Gasteiger charge is 2.12. The molecule has 7 heteroatoms. The number of rotatable bonds is 6. The van der Waals surface area contributed by atoms with Gasteiger partial charge >= 0.3 is 0 Å². The summed E-state index contributed by atoms with van der Waals surface area (Å²) < 4.78 is 5.50. The third-order valence-corrected chi connectivity index (χ3v) is 5.39. The number of hydrogen-bond donors (Lipinski definition) is 1. The minimum atomic E-state index is -0.308. The lowest BCUT2D eigenvalue weighted by atomic mass is 10.1. The Kier molecular flexibility index (Phi) is 6.93. The lowest BCUT2D eigenvalue weighted by molar-refractivity contribution is -0.118. The Morgan fingerprint density at radius 1 is 1.00 bits per heavy atom. The van der Waals surface area contributed by atoms with Gasteiger partial charge < -0.3 is 15.0 Å². The molecule has 1 amide bonds. The molecule has 2 aromatic carbocycles. The third kappa shape index (κ3) is 5.41. The molecular formula is C25H25N5O2. The monoisotopic (exact) mass is 427 g/mol. The van der Waals surface area contributed by atoms with Crippen LogP contribution in [0.1, 0.15) is 31.2 Å². The number of para-hydroxylation sites is 1. The predicted molar refractivity (Wildman–Crippen MR) is 123 cm³/mol. The van der Waals surface area contributed by atoms with Gasteiger partial charge in [0.15, 0.2) is 12.4 Å². The van der Waals surface area contributed by atoms with Crippen molar-refractivity contribution in [3.8, 4) is 23.1 Å². The molecule has 0 aliphatic carbocycles. The second kappa shape index (κ2) is 10.4. The van der Waals surface area contributed by atoms with Gasteiger partial charge in [0.25, 0.3) is 5.91 Å². The summed E-state index contributed by atoms with van der Waals surface area (Å²) >= 11 is 0. The molecule has 3 aromatic rings. The smallest absolute Gasteiger partial charge is 0.262 e. The van der Waals surface area contributed by atoms with E-state index in [1.165, 1.54) is 25.7 Å². The van der Waals surface area contributed by atoms with Crippen molar-refractivity contribution in [1.29, 1.82) is 5.26 Å². The van der Waals surface area contributed by atoms with Gasteiger partial charge in [0.1, 0.15) is 11.8 Å². The molecule has 0 atom stereocenters. The summed E-state index contributed by atoms with van der Waals surface area (Å²) in [6.07, 6.45) is 4.93. The van der Waals surface area contributed by atoms with Crippen LogP contribution in [0.3, 0.4) is 0 Å². The van der Waals surface area contributed by atoms with Crippen molar-refractivity contribution in [3.05, 3.63) is 66.2 Å². The molecule has 1 N–H and O–H groups in total. The van der Waals surface area contributed by atoms with Crippen LogP contribution < -0.4 is 15.0 Å². The van der Waals surface area contributed by atoms with E-state index in [2.05, 4.69) is 20.4 Å². The van der Waals surface area contributed by atoms with Crippen LogP contribution in [0.4, 0.5) is 11.5 Å². The molecule has 4 rings (SSSR count). The maximum atomic E-state index is 12.3. The number of carbonyl (C=O) groups is 1. The number of nitrogens with one attached hydrogen (secondary N) is 1. The van der Waals surface area contributed by atoms with Crippen LogP contribution in [0.15, 0.2) is 60.7 Å². The van der Waals surface area contributed by atoms with Crippen LogP contribution >= 0.6 is 0 Å². The molecular weight excluding hydrogens is 402 g/mol. The molecule has 7 nitrogen and oxygen atoms in total. The average molecular weight is 428 g/mol. The molecule has 0 bridgehead atoms. The lowest BCUT2D eigenvalue weighted by Crippen LogP contribution is -2.25. The highest BCUT2D eigenvalue weighted by Crippen LogP contribution is 2.23. The summed E-state index contributed by atoms with van der Waals surface area (Å²) in [6.45, 7) is 1.86. The minimum Gasteiger partial charge on any atom is -0.482 e. The number of nitriles is 1. The van der Waals surface area contributed by atoms with Gasteiger partial charge in [-0.3, -0.25) is 4.79 Å². The van der Waals surface area contributed by atoms with Gasteiger partial charge in [-0.2, -0.15) is 5.26 Å². The third-order valence-electron chi connectivity index (χ3n) is 5.39. The fourth-order valence-corrected chi connectivity index (χ4v) is 3.73. The largest absolute Gasteiger partial charge is 0.482 e. The summed E-state index contributed by atoms with van der Waals surface area (Å²) in [4.78, 5) is 14.6. The van der Waals surface area contributed by atoms with E-state index in [9.17, 15) is 4.79 Å². The molecule has 1 aliphatic rings. The van der Waals surface area contributed by atoms with Gasteiger partial charge in [-0.15, -0.1) is 10.2 Å². The normalized spacial score (nSPS) is 13.7. The molecule has 0 unspecified atom stereocenters. The van der Waals surface area contributed by atoms with Gasteiger partial charge in [0.05, 0.1) is 11.3 Å². The number of carbonyl (C=O) groups excluding carboxylic acids is 1. The Morgan fingerprint density at radius 3 is 2.56 bits per heavy atom. The van der Waals surface area contributed by atoms with Gasteiger partial charge in [0, 0.05) is 24.3 Å².